The van der Waals surface area contributed by atoms with Crippen molar-refractivity contribution in [3.05, 3.63) is 11.6 Å². The predicted molar refractivity (Wildman–Crippen MR) is 82.6 cm³/mol. The van der Waals surface area contributed by atoms with Gasteiger partial charge >= 0.3 is 0 Å². The third kappa shape index (κ3) is 3.48. The number of hydrogen-bond acceptors (Lipinski definition) is 4. The number of hydrogen-bond donors (Lipinski definition) is 0. The van der Waals surface area contributed by atoms with Crippen LogP contribution in [0.15, 0.2) is 0 Å². The first-order chi connectivity index (χ1) is 10.6. The second-order valence-corrected chi connectivity index (χ2v) is 6.50. The Morgan fingerprint density at radius 3 is 2.68 bits per heavy atom. The summed E-state index contributed by atoms with van der Waals surface area (Å²) in [4.78, 5) is 18.7. The van der Waals surface area contributed by atoms with Gasteiger partial charge in [0.05, 0.1) is 12.1 Å². The van der Waals surface area contributed by atoms with Gasteiger partial charge in [-0.2, -0.15) is 5.10 Å². The molecule has 2 aliphatic rings. The van der Waals surface area contributed by atoms with E-state index in [2.05, 4.69) is 10.1 Å². The van der Waals surface area contributed by atoms with Gasteiger partial charge in [0.1, 0.15) is 18.3 Å². The normalized spacial score (nSPS) is 23.2. The fraction of sp³-hybridized carbons (Fsp3) is 0.812. The molecule has 0 unspecified atom stereocenters. The maximum Gasteiger partial charge on any atom is 0.248 e. The van der Waals surface area contributed by atoms with Gasteiger partial charge in [0, 0.05) is 13.1 Å². The lowest BCUT2D eigenvalue weighted by atomic mass is 10.1. The fourth-order valence-corrected chi connectivity index (χ4v) is 3.60. The van der Waals surface area contributed by atoms with Crippen LogP contribution in [0.5, 0.6) is 0 Å². The van der Waals surface area contributed by atoms with Gasteiger partial charge in [-0.25, -0.2) is 9.67 Å². The predicted octanol–water partition coefficient (Wildman–Crippen LogP) is 2.02. The third-order valence-corrected chi connectivity index (χ3v) is 4.75. The summed E-state index contributed by atoms with van der Waals surface area (Å²) in [5, 5.41) is 4.47. The van der Waals surface area contributed by atoms with E-state index in [1.807, 2.05) is 23.4 Å². The Hall–Kier alpha value is -1.43. The lowest BCUT2D eigenvalue weighted by Gasteiger charge is -2.33. The van der Waals surface area contributed by atoms with Crippen LogP contribution in [0.3, 0.4) is 0 Å². The van der Waals surface area contributed by atoms with Crippen LogP contribution >= 0.6 is 0 Å². The van der Waals surface area contributed by atoms with Gasteiger partial charge in [-0.15, -0.1) is 0 Å². The summed E-state index contributed by atoms with van der Waals surface area (Å²) < 4.78 is 7.74. The van der Waals surface area contributed by atoms with Gasteiger partial charge in [0.25, 0.3) is 0 Å². The van der Waals surface area contributed by atoms with E-state index in [9.17, 15) is 4.79 Å². The van der Waals surface area contributed by atoms with Crippen molar-refractivity contribution >= 4 is 5.91 Å². The largest absolute Gasteiger partial charge is 0.368 e. The van der Waals surface area contributed by atoms with E-state index in [-0.39, 0.29) is 18.6 Å². The Labute approximate surface area is 131 Å². The molecule has 22 heavy (non-hydrogen) atoms. The van der Waals surface area contributed by atoms with Crippen LogP contribution < -0.4 is 0 Å². The molecule has 1 saturated heterocycles. The number of piperidine rings is 1. The number of carbonyl (C=O) groups excluding carboxylic acids is 1. The van der Waals surface area contributed by atoms with Gasteiger partial charge in [-0.1, -0.05) is 12.8 Å². The average molecular weight is 306 g/mol. The van der Waals surface area contributed by atoms with E-state index < -0.39 is 0 Å². The maximum absolute atomic E-state index is 12.4. The minimum Gasteiger partial charge on any atom is -0.368 e. The molecule has 1 aliphatic heterocycles. The van der Waals surface area contributed by atoms with Crippen molar-refractivity contribution in [2.75, 3.05) is 19.7 Å². The van der Waals surface area contributed by atoms with E-state index in [1.54, 1.807) is 0 Å². The van der Waals surface area contributed by atoms with Crippen molar-refractivity contribution in [1.29, 1.82) is 0 Å². The summed E-state index contributed by atoms with van der Waals surface area (Å²) in [6, 6.07) is 0.241. The van der Waals surface area contributed by atoms with Gasteiger partial charge in [-0.3, -0.25) is 4.79 Å². The highest BCUT2D eigenvalue weighted by Gasteiger charge is 2.27. The van der Waals surface area contributed by atoms with E-state index in [4.69, 9.17) is 4.74 Å². The smallest absolute Gasteiger partial charge is 0.248 e. The zero-order valence-electron chi connectivity index (χ0n) is 13.6. The summed E-state index contributed by atoms with van der Waals surface area (Å²) >= 11 is 0. The first-order valence-corrected chi connectivity index (χ1v) is 8.42. The zero-order chi connectivity index (χ0) is 15.5. The molecular formula is C16H26N4O2. The quantitative estimate of drug-likeness (QED) is 0.854. The molecule has 0 spiro atoms. The number of nitrogens with zero attached hydrogens (tertiary/aromatic N) is 4. The number of aryl methyl sites for hydroxylation is 2. The molecule has 2 fully saturated rings. The maximum atomic E-state index is 12.4. The van der Waals surface area contributed by atoms with Crippen LogP contribution in [0.1, 0.15) is 56.2 Å². The van der Waals surface area contributed by atoms with E-state index in [1.165, 1.54) is 12.8 Å². The van der Waals surface area contributed by atoms with Crippen LogP contribution in [0.25, 0.3) is 0 Å². The lowest BCUT2D eigenvalue weighted by molar-refractivity contribution is -0.139. The first-order valence-electron chi connectivity index (χ1n) is 8.42. The number of aromatic nitrogens is 3. The standard InChI is InChI=1S/C16H26N4O2/c1-12-17-13(2)20(18-12)14-6-5-9-19(10-14)16(21)11-22-15-7-3-4-8-15/h14-15H,3-11H2,1-2H3/t14-/m0/s1. The second kappa shape index (κ2) is 6.77. The molecule has 122 valence electrons. The van der Waals surface area contributed by atoms with Crippen molar-refractivity contribution in [3.8, 4) is 0 Å². The summed E-state index contributed by atoms with van der Waals surface area (Å²) in [5.74, 6) is 1.84. The van der Waals surface area contributed by atoms with Gasteiger partial charge in [0.2, 0.25) is 5.91 Å². The van der Waals surface area contributed by atoms with Crippen LogP contribution in [0.4, 0.5) is 0 Å². The number of ether oxygens (including phenoxy) is 1. The molecular weight excluding hydrogens is 280 g/mol. The van der Waals surface area contributed by atoms with Crippen molar-refractivity contribution in [1.82, 2.24) is 19.7 Å². The Morgan fingerprint density at radius 1 is 1.23 bits per heavy atom. The van der Waals surface area contributed by atoms with Gasteiger partial charge in [-0.05, 0) is 39.5 Å². The Balaban J connectivity index is 1.55. The molecule has 3 rings (SSSR count). The van der Waals surface area contributed by atoms with Crippen molar-refractivity contribution in [3.63, 3.8) is 0 Å². The monoisotopic (exact) mass is 306 g/mol. The third-order valence-electron chi connectivity index (χ3n) is 4.75. The zero-order valence-corrected chi connectivity index (χ0v) is 13.6. The van der Waals surface area contributed by atoms with Gasteiger partial charge < -0.3 is 9.64 Å². The van der Waals surface area contributed by atoms with E-state index in [0.29, 0.717) is 6.10 Å². The summed E-state index contributed by atoms with van der Waals surface area (Å²) in [7, 11) is 0. The number of likely N-dealkylation sites (tertiary alicyclic amines) is 1. The minimum absolute atomic E-state index is 0.117. The van der Waals surface area contributed by atoms with Crippen LogP contribution in [0.2, 0.25) is 0 Å². The Bertz CT molecular complexity index is 522. The Kier molecular flexibility index (Phi) is 4.76. The SMILES string of the molecule is Cc1nc(C)n([C@H]2CCCN(C(=O)COC3CCCC3)C2)n1. The summed E-state index contributed by atoms with van der Waals surface area (Å²) in [6.07, 6.45) is 7.03. The molecule has 1 aromatic heterocycles. The highest BCUT2D eigenvalue weighted by molar-refractivity contribution is 5.77. The molecule has 2 heterocycles. The highest BCUT2D eigenvalue weighted by atomic mass is 16.5. The first kappa shape index (κ1) is 15.5. The molecule has 1 saturated carbocycles. The van der Waals surface area contributed by atoms with E-state index in [0.717, 1.165) is 50.4 Å². The van der Waals surface area contributed by atoms with Crippen molar-refractivity contribution in [2.24, 2.45) is 0 Å². The van der Waals surface area contributed by atoms with Crippen LogP contribution in [-0.2, 0) is 9.53 Å². The second-order valence-electron chi connectivity index (χ2n) is 6.50. The Morgan fingerprint density at radius 2 is 2.00 bits per heavy atom. The molecule has 0 N–H and O–H groups in total. The summed E-state index contributed by atoms with van der Waals surface area (Å²) in [5.41, 5.74) is 0. The van der Waals surface area contributed by atoms with Gasteiger partial charge in [0.15, 0.2) is 0 Å². The van der Waals surface area contributed by atoms with Crippen LogP contribution in [0, 0.1) is 13.8 Å². The molecule has 1 aliphatic carbocycles. The molecule has 0 aromatic carbocycles. The molecule has 0 bridgehead atoms. The minimum atomic E-state index is 0.117. The highest BCUT2D eigenvalue weighted by Crippen LogP contribution is 2.23. The molecule has 1 aromatic rings. The van der Waals surface area contributed by atoms with Crippen molar-refractivity contribution < 1.29 is 9.53 Å². The molecule has 1 atom stereocenters. The molecule has 1 amide bonds. The van der Waals surface area contributed by atoms with E-state index >= 15 is 0 Å². The summed E-state index contributed by atoms with van der Waals surface area (Å²) in [6.45, 7) is 5.66. The molecule has 6 nitrogen and oxygen atoms in total. The van der Waals surface area contributed by atoms with Crippen molar-refractivity contribution in [2.45, 2.75) is 64.5 Å². The lowest BCUT2D eigenvalue weighted by Crippen LogP contribution is -2.43. The average Bonchev–Trinajstić information content (AvgIpc) is 3.14. The number of rotatable bonds is 4. The number of amides is 1. The van der Waals surface area contributed by atoms with Crippen LogP contribution in [-0.4, -0.2) is 51.4 Å². The molecule has 0 radical (unpaired) electrons. The molecule has 6 heteroatoms. The fourth-order valence-electron chi connectivity index (χ4n) is 3.60. The topological polar surface area (TPSA) is 60.2 Å². The number of carbonyl (C=O) groups is 1.